The molecule has 0 aromatic heterocycles. The molecule has 2 aliphatic carbocycles. The molecule has 0 radical (unpaired) electrons. The number of ketones is 1. The van der Waals surface area contributed by atoms with Crippen molar-refractivity contribution in [2.45, 2.75) is 19.8 Å². The van der Waals surface area contributed by atoms with Crippen LogP contribution in [0.25, 0.3) is 0 Å². The summed E-state index contributed by atoms with van der Waals surface area (Å²) in [5.74, 6) is -0.891. The van der Waals surface area contributed by atoms with E-state index in [9.17, 15) is 14.7 Å². The number of ether oxygens (including phenoxy) is 1. The number of aliphatic hydroxyl groups is 1. The second-order valence-electron chi connectivity index (χ2n) is 3.72. The Balaban J connectivity index is 2.15. The summed E-state index contributed by atoms with van der Waals surface area (Å²) in [7, 11) is 0. The Morgan fingerprint density at radius 1 is 1.64 bits per heavy atom. The van der Waals surface area contributed by atoms with E-state index in [1.807, 2.05) is 0 Å². The molecular weight excluding hydrogens is 184 g/mol. The van der Waals surface area contributed by atoms with Crippen molar-refractivity contribution in [2.24, 2.45) is 11.8 Å². The van der Waals surface area contributed by atoms with E-state index in [-0.39, 0.29) is 23.9 Å². The van der Waals surface area contributed by atoms with Crippen molar-refractivity contribution < 1.29 is 19.4 Å². The Hall–Kier alpha value is -1.32. The number of carbonyl (C=O) groups excluding carboxylic acids is 2. The number of fused-ring (bicyclic) bond motifs is 1. The monoisotopic (exact) mass is 196 g/mol. The van der Waals surface area contributed by atoms with Gasteiger partial charge in [0.25, 0.3) is 0 Å². The Kier molecular flexibility index (Phi) is 2.06. The molecule has 14 heavy (non-hydrogen) atoms. The normalized spacial score (nSPS) is 32.5. The number of aliphatic hydroxyl groups excluding tert-OH is 1. The number of allylic oxidation sites excluding steroid dienone is 1. The highest BCUT2D eigenvalue weighted by Crippen LogP contribution is 2.52. The maximum atomic E-state index is 11.5. The zero-order chi connectivity index (χ0) is 10.3. The fourth-order valence-corrected chi connectivity index (χ4v) is 1.92. The summed E-state index contributed by atoms with van der Waals surface area (Å²) in [4.78, 5) is 22.6. The zero-order valence-corrected chi connectivity index (χ0v) is 7.95. The van der Waals surface area contributed by atoms with E-state index in [1.54, 1.807) is 6.92 Å². The summed E-state index contributed by atoms with van der Waals surface area (Å²) in [5, 5.41) is 9.44. The predicted molar refractivity (Wildman–Crippen MR) is 47.5 cm³/mol. The topological polar surface area (TPSA) is 63.6 Å². The van der Waals surface area contributed by atoms with Crippen molar-refractivity contribution in [1.29, 1.82) is 0 Å². The van der Waals surface area contributed by atoms with Crippen LogP contribution in [0.15, 0.2) is 11.3 Å². The molecule has 0 amide bonds. The summed E-state index contributed by atoms with van der Waals surface area (Å²) in [5.41, 5.74) is 0.268. The first-order chi connectivity index (χ1) is 6.65. The highest BCUT2D eigenvalue weighted by Gasteiger charge is 2.52. The quantitative estimate of drug-likeness (QED) is 0.406. The van der Waals surface area contributed by atoms with Gasteiger partial charge in [0, 0.05) is 11.5 Å². The maximum absolute atomic E-state index is 11.5. The molecule has 0 aromatic rings. The smallest absolute Gasteiger partial charge is 0.373 e. The lowest BCUT2D eigenvalue weighted by Gasteiger charge is -2.04. The summed E-state index contributed by atoms with van der Waals surface area (Å²) >= 11 is 0. The van der Waals surface area contributed by atoms with Crippen LogP contribution in [0.3, 0.4) is 0 Å². The lowest BCUT2D eigenvalue weighted by Crippen LogP contribution is -2.13. The first-order valence-electron chi connectivity index (χ1n) is 4.78. The van der Waals surface area contributed by atoms with Crippen LogP contribution < -0.4 is 0 Å². The molecule has 0 heterocycles. The molecule has 0 unspecified atom stereocenters. The maximum Gasteiger partial charge on any atom is 0.373 e. The fraction of sp³-hybridized carbons (Fsp3) is 0.600. The highest BCUT2D eigenvalue weighted by molar-refractivity contribution is 6.07. The molecule has 0 spiro atoms. The minimum atomic E-state index is -0.780. The fourth-order valence-electron chi connectivity index (χ4n) is 1.92. The Morgan fingerprint density at radius 2 is 2.36 bits per heavy atom. The van der Waals surface area contributed by atoms with E-state index in [4.69, 9.17) is 0 Å². The number of esters is 1. The van der Waals surface area contributed by atoms with Gasteiger partial charge in [0.15, 0.2) is 5.78 Å². The van der Waals surface area contributed by atoms with Gasteiger partial charge in [-0.1, -0.05) is 0 Å². The third-order valence-electron chi connectivity index (χ3n) is 2.78. The molecule has 0 aliphatic heterocycles. The van der Waals surface area contributed by atoms with E-state index in [0.29, 0.717) is 12.3 Å². The third kappa shape index (κ3) is 1.31. The Bertz CT molecular complexity index is 329. The van der Waals surface area contributed by atoms with Crippen molar-refractivity contribution in [3.05, 3.63) is 11.3 Å². The van der Waals surface area contributed by atoms with Crippen molar-refractivity contribution in [1.82, 2.24) is 0 Å². The third-order valence-corrected chi connectivity index (χ3v) is 2.78. The molecule has 2 saturated carbocycles. The molecular formula is C10H12O4. The molecule has 4 nitrogen and oxygen atoms in total. The van der Waals surface area contributed by atoms with Crippen LogP contribution in [0.1, 0.15) is 19.8 Å². The number of hydrogen-bond donors (Lipinski definition) is 1. The molecule has 76 valence electrons. The van der Waals surface area contributed by atoms with Gasteiger partial charge in [-0.25, -0.2) is 4.79 Å². The van der Waals surface area contributed by atoms with E-state index < -0.39 is 11.7 Å². The SMILES string of the molecule is CCOC(=O)/C(O)=C1\C[C@H]2C[C@H]2C1=O. The van der Waals surface area contributed by atoms with Crippen molar-refractivity contribution >= 4 is 11.8 Å². The standard InChI is InChI=1S/C10H12O4/c1-2-14-10(13)9(12)7-4-5-3-6(5)8(7)11/h5-6,12H,2-4H2,1H3/b9-7-/t5-,6-/m1/s1. The average Bonchev–Trinajstić information content (AvgIpc) is 2.86. The molecule has 4 heteroatoms. The van der Waals surface area contributed by atoms with Gasteiger partial charge in [-0.2, -0.15) is 0 Å². The van der Waals surface area contributed by atoms with Crippen LogP contribution in [0.4, 0.5) is 0 Å². The molecule has 2 rings (SSSR count). The second kappa shape index (κ2) is 3.12. The lowest BCUT2D eigenvalue weighted by atomic mass is 10.1. The Morgan fingerprint density at radius 3 is 2.86 bits per heavy atom. The van der Waals surface area contributed by atoms with Crippen LogP contribution >= 0.6 is 0 Å². The minimum absolute atomic E-state index is 0.0689. The summed E-state index contributed by atoms with van der Waals surface area (Å²) < 4.78 is 4.62. The largest absolute Gasteiger partial charge is 0.502 e. The van der Waals surface area contributed by atoms with E-state index in [0.717, 1.165) is 6.42 Å². The zero-order valence-electron chi connectivity index (χ0n) is 7.95. The number of rotatable bonds is 2. The van der Waals surface area contributed by atoms with Crippen LogP contribution in [0.2, 0.25) is 0 Å². The number of hydrogen-bond acceptors (Lipinski definition) is 4. The van der Waals surface area contributed by atoms with Crippen molar-refractivity contribution in [3.8, 4) is 0 Å². The van der Waals surface area contributed by atoms with Gasteiger partial charge < -0.3 is 9.84 Å². The van der Waals surface area contributed by atoms with E-state index >= 15 is 0 Å². The van der Waals surface area contributed by atoms with Crippen LogP contribution in [0.5, 0.6) is 0 Å². The second-order valence-corrected chi connectivity index (χ2v) is 3.72. The molecule has 1 N–H and O–H groups in total. The number of carbonyl (C=O) groups is 2. The first kappa shape index (κ1) is 9.24. The summed E-state index contributed by atoms with van der Waals surface area (Å²) in [6.07, 6.45) is 1.45. The van der Waals surface area contributed by atoms with Crippen LogP contribution in [-0.2, 0) is 14.3 Å². The van der Waals surface area contributed by atoms with Gasteiger partial charge in [0.2, 0.25) is 5.76 Å². The molecule has 2 atom stereocenters. The molecule has 0 bridgehead atoms. The van der Waals surface area contributed by atoms with Crippen LogP contribution in [-0.4, -0.2) is 23.5 Å². The van der Waals surface area contributed by atoms with Crippen molar-refractivity contribution in [3.63, 3.8) is 0 Å². The summed E-state index contributed by atoms with van der Waals surface area (Å²) in [6.45, 7) is 1.86. The van der Waals surface area contributed by atoms with Gasteiger partial charge >= 0.3 is 5.97 Å². The van der Waals surface area contributed by atoms with Gasteiger partial charge in [0.05, 0.1) is 6.61 Å². The van der Waals surface area contributed by atoms with E-state index in [1.165, 1.54) is 0 Å². The minimum Gasteiger partial charge on any atom is -0.502 e. The van der Waals surface area contributed by atoms with E-state index in [2.05, 4.69) is 4.74 Å². The van der Waals surface area contributed by atoms with Gasteiger partial charge in [0.1, 0.15) is 0 Å². The molecule has 2 aliphatic rings. The molecule has 0 aromatic carbocycles. The average molecular weight is 196 g/mol. The molecule has 2 fully saturated rings. The van der Waals surface area contributed by atoms with Crippen molar-refractivity contribution in [2.75, 3.05) is 6.61 Å². The predicted octanol–water partition coefficient (Wildman–Crippen LogP) is 0.971. The lowest BCUT2D eigenvalue weighted by molar-refractivity contribution is -0.142. The van der Waals surface area contributed by atoms with Gasteiger partial charge in [-0.15, -0.1) is 0 Å². The highest BCUT2D eigenvalue weighted by atomic mass is 16.5. The Labute approximate surface area is 81.6 Å². The van der Waals surface area contributed by atoms with Gasteiger partial charge in [-0.05, 0) is 25.7 Å². The molecule has 0 saturated heterocycles. The van der Waals surface area contributed by atoms with Crippen LogP contribution in [0, 0.1) is 11.8 Å². The van der Waals surface area contributed by atoms with Gasteiger partial charge in [-0.3, -0.25) is 4.79 Å². The first-order valence-corrected chi connectivity index (χ1v) is 4.78. The number of Topliss-reactive ketones (excluding diaryl/α,β-unsaturated/α-hetero) is 1. The summed E-state index contributed by atoms with van der Waals surface area (Å²) in [6, 6.07) is 0.